The first-order chi connectivity index (χ1) is 13.5. The van der Waals surface area contributed by atoms with Crippen molar-refractivity contribution in [2.75, 3.05) is 51.8 Å². The van der Waals surface area contributed by atoms with Gasteiger partial charge < -0.3 is 19.9 Å². The van der Waals surface area contributed by atoms with Gasteiger partial charge >= 0.3 is 12.0 Å². The summed E-state index contributed by atoms with van der Waals surface area (Å²) in [6.07, 6.45) is 2.16. The average molecular weight is 388 g/mol. The summed E-state index contributed by atoms with van der Waals surface area (Å²) in [4.78, 5) is 42.1. The molecule has 0 saturated carbocycles. The molecular formula is C20H28N4O4. The second-order valence-electron chi connectivity index (χ2n) is 7.29. The van der Waals surface area contributed by atoms with Crippen molar-refractivity contribution in [2.45, 2.75) is 25.3 Å². The molecule has 8 heteroatoms. The van der Waals surface area contributed by atoms with Gasteiger partial charge in [0, 0.05) is 36.9 Å². The highest BCUT2D eigenvalue weighted by Gasteiger charge is 2.35. The third kappa shape index (κ3) is 4.62. The molecular weight excluding hydrogens is 360 g/mol. The molecule has 0 radical (unpaired) electrons. The van der Waals surface area contributed by atoms with Crippen molar-refractivity contribution < 1.29 is 19.1 Å². The number of methoxy groups -OCH3 is 1. The first-order valence-corrected chi connectivity index (χ1v) is 9.71. The molecule has 0 aromatic heterocycles. The molecule has 0 aliphatic carbocycles. The Morgan fingerprint density at radius 1 is 1.11 bits per heavy atom. The molecule has 2 aliphatic rings. The number of amides is 3. The SMILES string of the molecule is COC(=O)CCNC(=O)c1ccc(N2CCN(C3CCN(C)CC3)C2=O)cc1. The van der Waals surface area contributed by atoms with Crippen molar-refractivity contribution in [3.05, 3.63) is 29.8 Å². The van der Waals surface area contributed by atoms with Gasteiger partial charge in [-0.1, -0.05) is 0 Å². The molecule has 2 saturated heterocycles. The van der Waals surface area contributed by atoms with Crippen molar-refractivity contribution in [3.8, 4) is 0 Å². The minimum Gasteiger partial charge on any atom is -0.469 e. The number of hydrogen-bond donors (Lipinski definition) is 1. The zero-order valence-corrected chi connectivity index (χ0v) is 16.5. The number of carbonyl (C=O) groups is 3. The van der Waals surface area contributed by atoms with Crippen LogP contribution in [0.25, 0.3) is 0 Å². The van der Waals surface area contributed by atoms with Gasteiger partial charge in [-0.25, -0.2) is 4.79 Å². The van der Waals surface area contributed by atoms with E-state index in [9.17, 15) is 14.4 Å². The van der Waals surface area contributed by atoms with Gasteiger partial charge in [0.25, 0.3) is 5.91 Å². The van der Waals surface area contributed by atoms with E-state index in [-0.39, 0.29) is 30.9 Å². The number of piperidine rings is 1. The predicted molar refractivity (Wildman–Crippen MR) is 105 cm³/mol. The molecule has 2 heterocycles. The molecule has 28 heavy (non-hydrogen) atoms. The fourth-order valence-electron chi connectivity index (χ4n) is 3.71. The minimum absolute atomic E-state index is 0.0461. The van der Waals surface area contributed by atoms with Crippen LogP contribution < -0.4 is 10.2 Å². The molecule has 1 aromatic carbocycles. The largest absolute Gasteiger partial charge is 0.469 e. The van der Waals surface area contributed by atoms with E-state index < -0.39 is 0 Å². The van der Waals surface area contributed by atoms with Crippen LogP contribution in [-0.4, -0.2) is 80.6 Å². The maximum Gasteiger partial charge on any atom is 0.324 e. The number of hydrogen-bond acceptors (Lipinski definition) is 5. The van der Waals surface area contributed by atoms with Gasteiger partial charge in [-0.3, -0.25) is 14.5 Å². The Morgan fingerprint density at radius 2 is 1.79 bits per heavy atom. The first kappa shape index (κ1) is 20.1. The van der Waals surface area contributed by atoms with Gasteiger partial charge in [-0.2, -0.15) is 0 Å². The molecule has 1 aromatic rings. The number of nitrogens with zero attached hydrogens (tertiary/aromatic N) is 3. The molecule has 1 N–H and O–H groups in total. The van der Waals surface area contributed by atoms with Crippen LogP contribution in [0.4, 0.5) is 10.5 Å². The highest BCUT2D eigenvalue weighted by atomic mass is 16.5. The summed E-state index contributed by atoms with van der Waals surface area (Å²) < 4.78 is 4.54. The number of rotatable bonds is 6. The minimum atomic E-state index is -0.364. The van der Waals surface area contributed by atoms with Crippen LogP contribution >= 0.6 is 0 Å². The molecule has 2 fully saturated rings. The van der Waals surface area contributed by atoms with E-state index in [1.807, 2.05) is 4.90 Å². The van der Waals surface area contributed by atoms with Crippen molar-refractivity contribution in [1.82, 2.24) is 15.1 Å². The van der Waals surface area contributed by atoms with Crippen LogP contribution in [0, 0.1) is 0 Å². The quantitative estimate of drug-likeness (QED) is 0.743. The van der Waals surface area contributed by atoms with Gasteiger partial charge in [-0.05, 0) is 57.2 Å². The van der Waals surface area contributed by atoms with Crippen LogP contribution in [0.15, 0.2) is 24.3 Å². The lowest BCUT2D eigenvalue weighted by Gasteiger charge is -2.34. The van der Waals surface area contributed by atoms with Crippen molar-refractivity contribution in [1.29, 1.82) is 0 Å². The highest BCUT2D eigenvalue weighted by molar-refractivity contribution is 5.97. The fourth-order valence-corrected chi connectivity index (χ4v) is 3.71. The van der Waals surface area contributed by atoms with Crippen molar-refractivity contribution >= 4 is 23.6 Å². The Labute approximate surface area is 165 Å². The standard InChI is InChI=1S/C20H28N4O4/c1-22-11-8-17(9-12-22)24-14-13-23(20(24)27)16-5-3-15(4-6-16)19(26)21-10-7-18(25)28-2/h3-6,17H,7-14H2,1-2H3,(H,21,26). The highest BCUT2D eigenvalue weighted by Crippen LogP contribution is 2.25. The van der Waals surface area contributed by atoms with Crippen LogP contribution in [-0.2, 0) is 9.53 Å². The molecule has 8 nitrogen and oxygen atoms in total. The van der Waals surface area contributed by atoms with E-state index in [0.29, 0.717) is 18.2 Å². The average Bonchev–Trinajstić information content (AvgIpc) is 3.09. The number of nitrogens with one attached hydrogen (secondary N) is 1. The lowest BCUT2D eigenvalue weighted by Crippen LogP contribution is -2.45. The van der Waals surface area contributed by atoms with Crippen molar-refractivity contribution in [3.63, 3.8) is 0 Å². The topological polar surface area (TPSA) is 82.2 Å². The Hall–Kier alpha value is -2.61. The van der Waals surface area contributed by atoms with Crippen LogP contribution in [0.2, 0.25) is 0 Å². The monoisotopic (exact) mass is 388 g/mol. The molecule has 2 aliphatic heterocycles. The van der Waals surface area contributed by atoms with Crippen LogP contribution in [0.3, 0.4) is 0 Å². The van der Waals surface area contributed by atoms with E-state index in [2.05, 4.69) is 22.0 Å². The zero-order chi connectivity index (χ0) is 20.1. The van der Waals surface area contributed by atoms with Gasteiger partial charge in [0.2, 0.25) is 0 Å². The third-order valence-corrected chi connectivity index (χ3v) is 5.45. The van der Waals surface area contributed by atoms with Gasteiger partial charge in [0.15, 0.2) is 0 Å². The Morgan fingerprint density at radius 3 is 2.43 bits per heavy atom. The van der Waals surface area contributed by atoms with E-state index in [1.54, 1.807) is 29.2 Å². The van der Waals surface area contributed by atoms with Crippen LogP contribution in [0.5, 0.6) is 0 Å². The lowest BCUT2D eigenvalue weighted by atomic mass is 10.0. The summed E-state index contributed by atoms with van der Waals surface area (Å²) in [6, 6.07) is 7.36. The van der Waals surface area contributed by atoms with Crippen molar-refractivity contribution in [2.24, 2.45) is 0 Å². The lowest BCUT2D eigenvalue weighted by molar-refractivity contribution is -0.140. The predicted octanol–water partition coefficient (Wildman–Crippen LogP) is 1.32. The summed E-state index contributed by atoms with van der Waals surface area (Å²) in [5.41, 5.74) is 1.29. The molecule has 0 spiro atoms. The van der Waals surface area contributed by atoms with E-state index in [1.165, 1.54) is 7.11 Å². The molecule has 152 valence electrons. The van der Waals surface area contributed by atoms with E-state index in [0.717, 1.165) is 38.2 Å². The Kier molecular flexibility index (Phi) is 6.51. The second-order valence-corrected chi connectivity index (χ2v) is 7.29. The zero-order valence-electron chi connectivity index (χ0n) is 16.5. The maximum absolute atomic E-state index is 12.9. The number of ether oxygens (including phenoxy) is 1. The number of esters is 1. The Bertz CT molecular complexity index is 713. The summed E-state index contributed by atoms with van der Waals surface area (Å²) in [5.74, 6) is -0.617. The number of urea groups is 1. The molecule has 0 bridgehead atoms. The van der Waals surface area contributed by atoms with Gasteiger partial charge in [-0.15, -0.1) is 0 Å². The number of carbonyl (C=O) groups excluding carboxylic acids is 3. The summed E-state index contributed by atoms with van der Waals surface area (Å²) >= 11 is 0. The van der Waals surface area contributed by atoms with Gasteiger partial charge in [0.05, 0.1) is 13.5 Å². The van der Waals surface area contributed by atoms with Gasteiger partial charge in [0.1, 0.15) is 0 Å². The Balaban J connectivity index is 1.55. The summed E-state index contributed by atoms with van der Waals surface area (Å²) in [5, 5.41) is 2.68. The van der Waals surface area contributed by atoms with E-state index >= 15 is 0 Å². The van der Waals surface area contributed by atoms with E-state index in [4.69, 9.17) is 0 Å². The summed E-state index contributed by atoms with van der Waals surface area (Å²) in [6.45, 7) is 3.67. The van der Waals surface area contributed by atoms with Crippen LogP contribution in [0.1, 0.15) is 29.6 Å². The normalized spacial score (nSPS) is 18.4. The number of anilines is 1. The molecule has 3 rings (SSSR count). The maximum atomic E-state index is 12.9. The smallest absolute Gasteiger partial charge is 0.324 e. The molecule has 3 amide bonds. The molecule has 0 atom stereocenters. The molecule has 0 unspecified atom stereocenters. The summed E-state index contributed by atoms with van der Waals surface area (Å²) in [7, 11) is 3.43. The number of benzene rings is 1. The third-order valence-electron chi connectivity index (χ3n) is 5.45. The number of likely N-dealkylation sites (tertiary alicyclic amines) is 1. The first-order valence-electron chi connectivity index (χ1n) is 9.71. The second kappa shape index (κ2) is 9.05. The fraction of sp³-hybridized carbons (Fsp3) is 0.550.